The number of nitrogens with zero attached hydrogens (tertiary/aromatic N) is 4. The fourth-order valence-corrected chi connectivity index (χ4v) is 5.38. The zero-order valence-electron chi connectivity index (χ0n) is 19.1. The van der Waals surface area contributed by atoms with E-state index in [0.29, 0.717) is 53.0 Å². The summed E-state index contributed by atoms with van der Waals surface area (Å²) in [5.74, 6) is -0.719. The summed E-state index contributed by atoms with van der Waals surface area (Å²) < 4.78 is 29.0. The SMILES string of the molecule is O=c1c2c(nc(SCc3ccccc3)n1-c1ccccc1)CCN(c1nc3cc(F)c(F)cc3[nH]1)C2. The van der Waals surface area contributed by atoms with Gasteiger partial charge in [0.25, 0.3) is 5.56 Å². The maximum Gasteiger partial charge on any atom is 0.264 e. The molecule has 0 saturated heterocycles. The van der Waals surface area contributed by atoms with Crippen LogP contribution in [0, 0.1) is 11.6 Å². The van der Waals surface area contributed by atoms with Gasteiger partial charge in [0.05, 0.1) is 34.5 Å². The minimum absolute atomic E-state index is 0.125. The van der Waals surface area contributed by atoms with Crippen molar-refractivity contribution in [1.29, 1.82) is 0 Å². The maximum atomic E-state index is 13.8. The van der Waals surface area contributed by atoms with E-state index in [1.807, 2.05) is 53.4 Å². The molecule has 0 atom stereocenters. The van der Waals surface area contributed by atoms with Crippen LogP contribution < -0.4 is 10.5 Å². The Bertz CT molecular complexity index is 1580. The number of thioether (sulfide) groups is 1. The average Bonchev–Trinajstić information content (AvgIpc) is 3.31. The van der Waals surface area contributed by atoms with Gasteiger partial charge in [-0.15, -0.1) is 0 Å². The lowest BCUT2D eigenvalue weighted by Crippen LogP contribution is -2.38. The van der Waals surface area contributed by atoms with Crippen LogP contribution in [-0.2, 0) is 18.7 Å². The third kappa shape index (κ3) is 4.15. The summed E-state index contributed by atoms with van der Waals surface area (Å²) in [4.78, 5) is 28.2. The van der Waals surface area contributed by atoms with Crippen molar-refractivity contribution in [3.63, 3.8) is 0 Å². The Morgan fingerprint density at radius 2 is 1.67 bits per heavy atom. The Morgan fingerprint density at radius 1 is 0.944 bits per heavy atom. The second-order valence-corrected chi connectivity index (χ2v) is 9.53. The number of rotatable bonds is 5. The fraction of sp³-hybridized carbons (Fsp3) is 0.148. The molecule has 0 saturated carbocycles. The molecule has 1 N–H and O–H groups in total. The Morgan fingerprint density at radius 3 is 2.44 bits per heavy atom. The summed E-state index contributed by atoms with van der Waals surface area (Å²) in [7, 11) is 0. The van der Waals surface area contributed by atoms with Gasteiger partial charge in [0.1, 0.15) is 0 Å². The molecule has 6 rings (SSSR count). The molecule has 5 aromatic rings. The third-order valence-electron chi connectivity index (χ3n) is 6.24. The number of fused-ring (bicyclic) bond motifs is 2. The smallest absolute Gasteiger partial charge is 0.264 e. The number of benzene rings is 3. The molecule has 0 fully saturated rings. The Hall–Kier alpha value is -3.98. The van der Waals surface area contributed by atoms with Crippen molar-refractivity contribution in [3.05, 3.63) is 112 Å². The van der Waals surface area contributed by atoms with E-state index in [2.05, 4.69) is 22.1 Å². The number of nitrogens with one attached hydrogen (secondary N) is 1. The van der Waals surface area contributed by atoms with Gasteiger partial charge in [0, 0.05) is 30.9 Å². The zero-order chi connectivity index (χ0) is 24.6. The van der Waals surface area contributed by atoms with Crippen LogP contribution in [-0.4, -0.2) is 26.1 Å². The van der Waals surface area contributed by atoms with Crippen LogP contribution in [0.1, 0.15) is 16.8 Å². The fourth-order valence-electron chi connectivity index (χ4n) is 4.40. The van der Waals surface area contributed by atoms with Crippen molar-refractivity contribution in [2.75, 3.05) is 11.4 Å². The standard InChI is InChI=1S/C27H21F2N5OS/c28-20-13-23-24(14-21(20)29)31-26(30-23)33-12-11-22-19(15-33)25(35)34(18-9-5-2-6-10-18)27(32-22)36-16-17-7-3-1-4-8-17/h1-10,13-14H,11-12,15-16H2,(H,30,31). The van der Waals surface area contributed by atoms with Gasteiger partial charge in [0.15, 0.2) is 16.8 Å². The van der Waals surface area contributed by atoms with Gasteiger partial charge in [-0.1, -0.05) is 60.3 Å². The molecular formula is C27H21F2N5OS. The highest BCUT2D eigenvalue weighted by molar-refractivity contribution is 7.98. The topological polar surface area (TPSA) is 66.8 Å². The summed E-state index contributed by atoms with van der Waals surface area (Å²) in [6.45, 7) is 0.866. The molecule has 180 valence electrons. The summed E-state index contributed by atoms with van der Waals surface area (Å²) in [6.07, 6.45) is 0.554. The number of aromatic amines is 1. The van der Waals surface area contributed by atoms with Crippen LogP contribution in [0.25, 0.3) is 16.7 Å². The van der Waals surface area contributed by atoms with Crippen molar-refractivity contribution >= 4 is 28.7 Å². The monoisotopic (exact) mass is 501 g/mol. The number of halogens is 2. The first kappa shape index (κ1) is 22.5. The lowest BCUT2D eigenvalue weighted by Gasteiger charge is -2.28. The van der Waals surface area contributed by atoms with Crippen LogP contribution in [0.2, 0.25) is 0 Å². The van der Waals surface area contributed by atoms with Crippen molar-refractivity contribution in [2.24, 2.45) is 0 Å². The van der Waals surface area contributed by atoms with Crippen molar-refractivity contribution in [1.82, 2.24) is 19.5 Å². The number of hydrogen-bond donors (Lipinski definition) is 1. The lowest BCUT2D eigenvalue weighted by molar-refractivity contribution is 0.510. The quantitative estimate of drug-likeness (QED) is 0.264. The number of para-hydroxylation sites is 1. The van der Waals surface area contributed by atoms with Gasteiger partial charge >= 0.3 is 0 Å². The van der Waals surface area contributed by atoms with Gasteiger partial charge in [-0.2, -0.15) is 0 Å². The molecule has 2 aromatic heterocycles. The molecular weight excluding hydrogens is 480 g/mol. The van der Waals surface area contributed by atoms with Crippen LogP contribution in [0.4, 0.5) is 14.7 Å². The summed E-state index contributed by atoms with van der Waals surface area (Å²) >= 11 is 1.53. The molecule has 0 amide bonds. The molecule has 9 heteroatoms. The first-order chi connectivity index (χ1) is 17.6. The first-order valence-corrected chi connectivity index (χ1v) is 12.5. The van der Waals surface area contributed by atoms with E-state index in [1.54, 1.807) is 4.57 Å². The molecule has 0 unspecified atom stereocenters. The number of H-pyrrole nitrogens is 1. The molecule has 3 heterocycles. The van der Waals surface area contributed by atoms with Gasteiger partial charge in [-0.05, 0) is 17.7 Å². The Kier molecular flexibility index (Phi) is 5.77. The molecule has 1 aliphatic rings. The van der Waals surface area contributed by atoms with E-state index >= 15 is 0 Å². The molecule has 0 aliphatic carbocycles. The predicted molar refractivity (Wildman–Crippen MR) is 137 cm³/mol. The van der Waals surface area contributed by atoms with E-state index in [1.165, 1.54) is 11.8 Å². The predicted octanol–water partition coefficient (Wildman–Crippen LogP) is 5.24. The largest absolute Gasteiger partial charge is 0.337 e. The summed E-state index contributed by atoms with van der Waals surface area (Å²) in [6, 6.07) is 21.7. The average molecular weight is 502 g/mol. The van der Waals surface area contributed by atoms with Crippen LogP contribution in [0.5, 0.6) is 0 Å². The molecule has 6 nitrogen and oxygen atoms in total. The highest BCUT2D eigenvalue weighted by Gasteiger charge is 2.26. The van der Waals surface area contributed by atoms with Gasteiger partial charge < -0.3 is 9.88 Å². The van der Waals surface area contributed by atoms with Crippen molar-refractivity contribution in [2.45, 2.75) is 23.9 Å². The molecule has 0 spiro atoms. The second-order valence-electron chi connectivity index (χ2n) is 8.59. The molecule has 0 bridgehead atoms. The first-order valence-electron chi connectivity index (χ1n) is 11.5. The van der Waals surface area contributed by atoms with Crippen molar-refractivity contribution < 1.29 is 8.78 Å². The highest BCUT2D eigenvalue weighted by Crippen LogP contribution is 2.28. The molecule has 0 radical (unpaired) electrons. The normalized spacial score (nSPS) is 13.2. The van der Waals surface area contributed by atoms with Gasteiger partial charge in [-0.25, -0.2) is 18.7 Å². The third-order valence-corrected chi connectivity index (χ3v) is 7.24. The molecule has 36 heavy (non-hydrogen) atoms. The van der Waals surface area contributed by atoms with Crippen LogP contribution >= 0.6 is 11.8 Å². The highest BCUT2D eigenvalue weighted by atomic mass is 32.2. The lowest BCUT2D eigenvalue weighted by atomic mass is 10.1. The summed E-state index contributed by atoms with van der Waals surface area (Å²) in [5, 5.41) is 0.650. The number of imidazole rings is 1. The minimum atomic E-state index is -0.944. The van der Waals surface area contributed by atoms with E-state index in [0.717, 1.165) is 29.1 Å². The van der Waals surface area contributed by atoms with Crippen molar-refractivity contribution in [3.8, 4) is 5.69 Å². The van der Waals surface area contributed by atoms with Crippen LogP contribution in [0.3, 0.4) is 0 Å². The van der Waals surface area contributed by atoms with E-state index < -0.39 is 11.6 Å². The Balaban J connectivity index is 1.38. The maximum absolute atomic E-state index is 13.8. The number of aromatic nitrogens is 4. The van der Waals surface area contributed by atoms with Crippen LogP contribution in [0.15, 0.2) is 82.7 Å². The van der Waals surface area contributed by atoms with E-state index in [-0.39, 0.29) is 5.56 Å². The van der Waals surface area contributed by atoms with Gasteiger partial charge in [-0.3, -0.25) is 9.36 Å². The zero-order valence-corrected chi connectivity index (χ0v) is 19.9. The minimum Gasteiger partial charge on any atom is -0.337 e. The van der Waals surface area contributed by atoms with Gasteiger partial charge in [0.2, 0.25) is 5.95 Å². The second kappa shape index (κ2) is 9.23. The number of hydrogen-bond acceptors (Lipinski definition) is 5. The Labute approximate surface area is 209 Å². The molecule has 3 aromatic carbocycles. The van der Waals surface area contributed by atoms with E-state index in [9.17, 15) is 13.6 Å². The van der Waals surface area contributed by atoms with E-state index in [4.69, 9.17) is 4.98 Å². The summed E-state index contributed by atoms with van der Waals surface area (Å²) in [5.41, 5.74) is 3.88. The molecule has 1 aliphatic heterocycles. The number of anilines is 1.